The topological polar surface area (TPSA) is 52.3 Å². The van der Waals surface area contributed by atoms with E-state index in [4.69, 9.17) is 10.5 Å². The zero-order valence-electron chi connectivity index (χ0n) is 7.49. The molecular formula is C10H12NO2. The van der Waals surface area contributed by atoms with Gasteiger partial charge >= 0.3 is 0 Å². The van der Waals surface area contributed by atoms with Crippen LogP contribution < -0.4 is 10.5 Å². The Kier molecular flexibility index (Phi) is 3.46. The molecule has 1 aromatic carbocycles. The third-order valence-corrected chi connectivity index (χ3v) is 1.77. The van der Waals surface area contributed by atoms with Gasteiger partial charge in [-0.05, 0) is 24.1 Å². The van der Waals surface area contributed by atoms with E-state index in [1.165, 1.54) is 0 Å². The van der Waals surface area contributed by atoms with Crippen molar-refractivity contribution < 1.29 is 9.53 Å². The lowest BCUT2D eigenvalue weighted by atomic mass is 10.1. The second-order valence-electron chi connectivity index (χ2n) is 2.78. The molecular weight excluding hydrogens is 166 g/mol. The molecule has 13 heavy (non-hydrogen) atoms. The Morgan fingerprint density at radius 2 is 2.08 bits per heavy atom. The lowest BCUT2D eigenvalue weighted by Gasteiger charge is -2.04. The highest BCUT2D eigenvalue weighted by molar-refractivity contribution is 5.58. The van der Waals surface area contributed by atoms with Crippen molar-refractivity contribution in [1.29, 1.82) is 0 Å². The number of benzene rings is 1. The molecule has 0 aliphatic rings. The molecule has 0 aliphatic carbocycles. The smallest absolute Gasteiger partial charge is 0.217 e. The molecule has 0 heterocycles. The Morgan fingerprint density at radius 1 is 1.46 bits per heavy atom. The molecule has 0 aromatic heterocycles. The minimum absolute atomic E-state index is 0.521. The van der Waals surface area contributed by atoms with E-state index in [1.54, 1.807) is 13.4 Å². The minimum atomic E-state index is -0.534. The first kappa shape index (κ1) is 9.74. The number of methoxy groups -OCH3 is 1. The second-order valence-corrected chi connectivity index (χ2v) is 2.78. The lowest BCUT2D eigenvalue weighted by Crippen LogP contribution is -2.23. The summed E-state index contributed by atoms with van der Waals surface area (Å²) in [5, 5.41) is 0. The van der Waals surface area contributed by atoms with Crippen LogP contribution >= 0.6 is 0 Å². The Hall–Kier alpha value is -1.35. The van der Waals surface area contributed by atoms with Crippen molar-refractivity contribution >= 4 is 6.29 Å². The van der Waals surface area contributed by atoms with E-state index in [2.05, 4.69) is 0 Å². The molecule has 3 heteroatoms. The van der Waals surface area contributed by atoms with Crippen LogP contribution in [-0.4, -0.2) is 19.4 Å². The SMILES string of the molecule is COc1ccc(CC(N)[C]=O)cc1. The monoisotopic (exact) mass is 178 g/mol. The molecule has 0 bridgehead atoms. The number of nitrogens with two attached hydrogens (primary N) is 1. The van der Waals surface area contributed by atoms with Gasteiger partial charge in [-0.3, -0.25) is 4.79 Å². The minimum Gasteiger partial charge on any atom is -0.497 e. The van der Waals surface area contributed by atoms with E-state index in [1.807, 2.05) is 24.3 Å². The summed E-state index contributed by atoms with van der Waals surface area (Å²) in [5.74, 6) is 0.799. The summed E-state index contributed by atoms with van der Waals surface area (Å²) < 4.78 is 4.99. The van der Waals surface area contributed by atoms with Crippen molar-refractivity contribution in [1.82, 2.24) is 0 Å². The standard InChI is InChI=1S/C10H12NO2/c1-13-10-4-2-8(3-5-10)6-9(11)7-12/h2-5,9H,6,11H2,1H3. The van der Waals surface area contributed by atoms with E-state index in [0.717, 1.165) is 11.3 Å². The summed E-state index contributed by atoms with van der Waals surface area (Å²) >= 11 is 0. The Balaban J connectivity index is 2.63. The molecule has 1 unspecified atom stereocenters. The maximum atomic E-state index is 10.2. The normalized spacial score (nSPS) is 12.2. The molecule has 0 amide bonds. The predicted octanol–water partition coefficient (Wildman–Crippen LogP) is 0.675. The van der Waals surface area contributed by atoms with E-state index < -0.39 is 6.04 Å². The number of rotatable bonds is 4. The van der Waals surface area contributed by atoms with Crippen molar-refractivity contribution in [2.45, 2.75) is 12.5 Å². The zero-order valence-corrected chi connectivity index (χ0v) is 7.49. The Labute approximate surface area is 77.5 Å². The third-order valence-electron chi connectivity index (χ3n) is 1.77. The molecule has 0 aliphatic heterocycles. The van der Waals surface area contributed by atoms with Crippen LogP contribution in [0.15, 0.2) is 24.3 Å². The average molecular weight is 178 g/mol. The number of ether oxygens (including phenoxy) is 1. The van der Waals surface area contributed by atoms with Gasteiger partial charge in [-0.1, -0.05) is 12.1 Å². The van der Waals surface area contributed by atoms with Gasteiger partial charge in [0.15, 0.2) is 0 Å². The van der Waals surface area contributed by atoms with Gasteiger partial charge in [-0.2, -0.15) is 0 Å². The van der Waals surface area contributed by atoms with Crippen LogP contribution in [0.3, 0.4) is 0 Å². The summed E-state index contributed by atoms with van der Waals surface area (Å²) in [7, 11) is 1.61. The summed E-state index contributed by atoms with van der Waals surface area (Å²) in [4.78, 5) is 10.2. The van der Waals surface area contributed by atoms with Gasteiger partial charge in [0.25, 0.3) is 0 Å². The first-order chi connectivity index (χ1) is 6.26. The van der Waals surface area contributed by atoms with E-state index in [0.29, 0.717) is 6.42 Å². The number of hydrogen-bond acceptors (Lipinski definition) is 3. The van der Waals surface area contributed by atoms with Crippen molar-refractivity contribution in [2.75, 3.05) is 7.11 Å². The molecule has 1 aromatic rings. The van der Waals surface area contributed by atoms with Gasteiger partial charge in [0.05, 0.1) is 13.2 Å². The Morgan fingerprint density at radius 3 is 2.54 bits per heavy atom. The van der Waals surface area contributed by atoms with Crippen molar-refractivity contribution in [3.8, 4) is 5.75 Å². The van der Waals surface area contributed by atoms with Gasteiger partial charge in [0.1, 0.15) is 5.75 Å². The van der Waals surface area contributed by atoms with Crippen molar-refractivity contribution in [3.63, 3.8) is 0 Å². The fourth-order valence-corrected chi connectivity index (χ4v) is 1.06. The first-order valence-electron chi connectivity index (χ1n) is 4.02. The first-order valence-corrected chi connectivity index (χ1v) is 4.02. The van der Waals surface area contributed by atoms with Gasteiger partial charge < -0.3 is 10.5 Å². The van der Waals surface area contributed by atoms with Crippen LogP contribution in [0.1, 0.15) is 5.56 Å². The van der Waals surface area contributed by atoms with Gasteiger partial charge in [0, 0.05) is 0 Å². The van der Waals surface area contributed by atoms with Crippen LogP contribution in [0.25, 0.3) is 0 Å². The maximum Gasteiger partial charge on any atom is 0.217 e. The van der Waals surface area contributed by atoms with Gasteiger partial charge in [0.2, 0.25) is 6.29 Å². The van der Waals surface area contributed by atoms with Gasteiger partial charge in [-0.15, -0.1) is 0 Å². The van der Waals surface area contributed by atoms with Gasteiger partial charge in [-0.25, -0.2) is 0 Å². The molecule has 1 atom stereocenters. The number of carbonyl (C=O) groups excluding carboxylic acids is 1. The van der Waals surface area contributed by atoms with Crippen molar-refractivity contribution in [3.05, 3.63) is 29.8 Å². The van der Waals surface area contributed by atoms with Crippen molar-refractivity contribution in [2.24, 2.45) is 5.73 Å². The van der Waals surface area contributed by atoms with E-state index >= 15 is 0 Å². The molecule has 0 spiro atoms. The predicted molar refractivity (Wildman–Crippen MR) is 50.4 cm³/mol. The van der Waals surface area contributed by atoms with Crippen LogP contribution in [0.5, 0.6) is 5.75 Å². The third kappa shape index (κ3) is 2.87. The molecule has 3 nitrogen and oxygen atoms in total. The number of hydrogen-bond donors (Lipinski definition) is 1. The highest BCUT2D eigenvalue weighted by Gasteiger charge is 2.02. The zero-order chi connectivity index (χ0) is 9.68. The Bertz CT molecular complexity index is 269. The summed E-state index contributed by atoms with van der Waals surface area (Å²) in [6.07, 6.45) is 2.26. The fourth-order valence-electron chi connectivity index (χ4n) is 1.06. The largest absolute Gasteiger partial charge is 0.497 e. The van der Waals surface area contributed by atoms with Crippen LogP contribution in [-0.2, 0) is 11.2 Å². The highest BCUT2D eigenvalue weighted by Crippen LogP contribution is 2.11. The quantitative estimate of drug-likeness (QED) is 0.737. The maximum absolute atomic E-state index is 10.2. The summed E-state index contributed by atoms with van der Waals surface area (Å²) in [5.41, 5.74) is 6.43. The summed E-state index contributed by atoms with van der Waals surface area (Å²) in [6.45, 7) is 0. The highest BCUT2D eigenvalue weighted by atomic mass is 16.5. The lowest BCUT2D eigenvalue weighted by molar-refractivity contribution is 0.414. The molecule has 1 radical (unpaired) electrons. The fraction of sp³-hybridized carbons (Fsp3) is 0.300. The van der Waals surface area contributed by atoms with E-state index in [9.17, 15) is 4.79 Å². The average Bonchev–Trinajstić information content (AvgIpc) is 2.19. The summed E-state index contributed by atoms with van der Waals surface area (Å²) in [6, 6.07) is 6.92. The second kappa shape index (κ2) is 4.62. The molecule has 2 N–H and O–H groups in total. The van der Waals surface area contributed by atoms with E-state index in [-0.39, 0.29) is 0 Å². The molecule has 69 valence electrons. The molecule has 0 fully saturated rings. The molecule has 1 rings (SSSR count). The molecule has 0 saturated carbocycles. The molecule has 0 saturated heterocycles. The van der Waals surface area contributed by atoms with Crippen LogP contribution in [0, 0.1) is 0 Å². The van der Waals surface area contributed by atoms with Crippen LogP contribution in [0.2, 0.25) is 0 Å². The van der Waals surface area contributed by atoms with Crippen LogP contribution in [0.4, 0.5) is 0 Å².